The number of aryl methyl sites for hydroxylation is 1. The molecule has 0 aliphatic heterocycles. The van der Waals surface area contributed by atoms with Crippen LogP contribution in [0, 0.1) is 6.92 Å². The minimum atomic E-state index is -0.598. The van der Waals surface area contributed by atoms with Gasteiger partial charge in [0, 0.05) is 17.1 Å². The van der Waals surface area contributed by atoms with Gasteiger partial charge in [0.15, 0.2) is 0 Å². The van der Waals surface area contributed by atoms with Crippen LogP contribution >= 0.6 is 11.8 Å². The van der Waals surface area contributed by atoms with Crippen molar-refractivity contribution in [1.82, 2.24) is 5.32 Å². The zero-order chi connectivity index (χ0) is 16.7. The fourth-order valence-electron chi connectivity index (χ4n) is 1.96. The number of thioether (sulfide) groups is 1. The molecule has 0 saturated carbocycles. The van der Waals surface area contributed by atoms with Gasteiger partial charge in [-0.25, -0.2) is 4.79 Å². The average Bonchev–Trinajstić information content (AvgIpc) is 2.53. The highest BCUT2D eigenvalue weighted by Gasteiger charge is 2.05. The molecule has 0 aromatic heterocycles. The lowest BCUT2D eigenvalue weighted by molar-refractivity contribution is -0.118. The van der Waals surface area contributed by atoms with Gasteiger partial charge in [-0.05, 0) is 36.2 Å². The maximum absolute atomic E-state index is 11.9. The average molecular weight is 329 g/mol. The first-order valence-electron chi connectivity index (χ1n) is 7.15. The summed E-state index contributed by atoms with van der Waals surface area (Å²) in [7, 11) is 0. The first-order valence-corrected chi connectivity index (χ1v) is 8.13. The molecule has 0 saturated heterocycles. The molecule has 2 rings (SSSR count). The van der Waals surface area contributed by atoms with Gasteiger partial charge in [0.1, 0.15) is 0 Å². The van der Waals surface area contributed by atoms with Crippen LogP contribution in [-0.4, -0.2) is 17.7 Å². The SMILES string of the molecule is Cc1ccccc1SCC(=O)NCc1ccc(NC(N)=O)cc1. The number of benzene rings is 2. The van der Waals surface area contributed by atoms with Crippen molar-refractivity contribution in [2.75, 3.05) is 11.1 Å². The minimum Gasteiger partial charge on any atom is -0.351 e. The second kappa shape index (κ2) is 8.24. The molecule has 0 heterocycles. The summed E-state index contributed by atoms with van der Waals surface area (Å²) in [6.45, 7) is 2.48. The van der Waals surface area contributed by atoms with Crippen molar-refractivity contribution in [3.8, 4) is 0 Å². The topological polar surface area (TPSA) is 84.2 Å². The van der Waals surface area contributed by atoms with Gasteiger partial charge in [0.25, 0.3) is 0 Å². The lowest BCUT2D eigenvalue weighted by Crippen LogP contribution is -2.24. The van der Waals surface area contributed by atoms with E-state index in [1.54, 1.807) is 12.1 Å². The summed E-state index contributed by atoms with van der Waals surface area (Å²) in [6, 6.07) is 14.5. The Hall–Kier alpha value is -2.47. The largest absolute Gasteiger partial charge is 0.351 e. The summed E-state index contributed by atoms with van der Waals surface area (Å²) in [5.41, 5.74) is 7.79. The van der Waals surface area contributed by atoms with Crippen LogP contribution in [0.25, 0.3) is 0 Å². The quantitative estimate of drug-likeness (QED) is 0.713. The molecule has 23 heavy (non-hydrogen) atoms. The smallest absolute Gasteiger partial charge is 0.316 e. The van der Waals surface area contributed by atoms with Crippen molar-refractivity contribution >= 4 is 29.4 Å². The molecule has 3 amide bonds. The normalized spacial score (nSPS) is 10.1. The second-order valence-corrected chi connectivity index (χ2v) is 6.03. The third-order valence-electron chi connectivity index (χ3n) is 3.16. The van der Waals surface area contributed by atoms with E-state index in [0.29, 0.717) is 18.0 Å². The molecular weight excluding hydrogens is 310 g/mol. The Morgan fingerprint density at radius 1 is 1.09 bits per heavy atom. The molecular formula is C17H19N3O2S. The molecule has 0 atom stereocenters. The van der Waals surface area contributed by atoms with Crippen molar-refractivity contribution in [3.05, 3.63) is 59.7 Å². The number of carbonyl (C=O) groups excluding carboxylic acids is 2. The number of carbonyl (C=O) groups is 2. The Labute approximate surface area is 139 Å². The van der Waals surface area contributed by atoms with E-state index in [0.717, 1.165) is 10.5 Å². The standard InChI is InChI=1S/C17H19N3O2S/c1-12-4-2-3-5-15(12)23-11-16(21)19-10-13-6-8-14(9-7-13)20-17(18)22/h2-9H,10-11H2,1H3,(H,19,21)(H3,18,20,22). The van der Waals surface area contributed by atoms with Crippen molar-refractivity contribution < 1.29 is 9.59 Å². The molecule has 5 nitrogen and oxygen atoms in total. The number of hydrogen-bond acceptors (Lipinski definition) is 3. The predicted molar refractivity (Wildman–Crippen MR) is 93.4 cm³/mol. The Kier molecular flexibility index (Phi) is 6.05. The molecule has 2 aromatic rings. The van der Waals surface area contributed by atoms with Gasteiger partial charge < -0.3 is 16.4 Å². The van der Waals surface area contributed by atoms with E-state index in [1.165, 1.54) is 17.3 Å². The van der Waals surface area contributed by atoms with Gasteiger partial charge in [-0.15, -0.1) is 11.8 Å². The molecule has 0 aliphatic carbocycles. The van der Waals surface area contributed by atoms with Crippen molar-refractivity contribution in [2.24, 2.45) is 5.73 Å². The van der Waals surface area contributed by atoms with Gasteiger partial charge in [-0.3, -0.25) is 4.79 Å². The molecule has 2 aromatic carbocycles. The summed E-state index contributed by atoms with van der Waals surface area (Å²) in [5.74, 6) is 0.365. The molecule has 6 heteroatoms. The molecule has 0 spiro atoms. The van der Waals surface area contributed by atoms with E-state index in [4.69, 9.17) is 5.73 Å². The Balaban J connectivity index is 1.78. The molecule has 4 N–H and O–H groups in total. The number of hydrogen-bond donors (Lipinski definition) is 3. The van der Waals surface area contributed by atoms with Crippen molar-refractivity contribution in [1.29, 1.82) is 0 Å². The Bertz CT molecular complexity index is 686. The van der Waals surface area contributed by atoms with Gasteiger partial charge in [-0.1, -0.05) is 30.3 Å². The highest BCUT2D eigenvalue weighted by Crippen LogP contribution is 2.21. The van der Waals surface area contributed by atoms with Crippen LogP contribution in [0.4, 0.5) is 10.5 Å². The Morgan fingerprint density at radius 3 is 2.43 bits per heavy atom. The summed E-state index contributed by atoms with van der Waals surface area (Å²) in [6.07, 6.45) is 0. The third-order valence-corrected chi connectivity index (χ3v) is 4.34. The van der Waals surface area contributed by atoms with E-state index in [-0.39, 0.29) is 5.91 Å². The summed E-state index contributed by atoms with van der Waals surface area (Å²) in [5, 5.41) is 5.37. The van der Waals surface area contributed by atoms with Crippen LogP contribution in [-0.2, 0) is 11.3 Å². The number of urea groups is 1. The molecule has 0 fully saturated rings. The molecule has 0 bridgehead atoms. The van der Waals surface area contributed by atoms with E-state index < -0.39 is 6.03 Å². The first-order chi connectivity index (χ1) is 11.0. The van der Waals surface area contributed by atoms with Crippen molar-refractivity contribution in [3.63, 3.8) is 0 Å². The third kappa shape index (κ3) is 5.67. The number of anilines is 1. The van der Waals surface area contributed by atoms with Crippen LogP contribution in [0.5, 0.6) is 0 Å². The predicted octanol–water partition coefficient (Wildman–Crippen LogP) is 2.89. The highest BCUT2D eigenvalue weighted by molar-refractivity contribution is 8.00. The zero-order valence-corrected chi connectivity index (χ0v) is 13.7. The number of nitrogens with one attached hydrogen (secondary N) is 2. The second-order valence-electron chi connectivity index (χ2n) is 5.02. The Morgan fingerprint density at radius 2 is 1.78 bits per heavy atom. The summed E-state index contributed by atoms with van der Waals surface area (Å²) < 4.78 is 0. The fourth-order valence-corrected chi connectivity index (χ4v) is 2.82. The van der Waals surface area contributed by atoms with E-state index in [1.807, 2.05) is 43.3 Å². The van der Waals surface area contributed by atoms with Gasteiger partial charge in [0.05, 0.1) is 5.75 Å². The molecule has 0 aliphatic rings. The first kappa shape index (κ1) is 16.9. The maximum Gasteiger partial charge on any atom is 0.316 e. The highest BCUT2D eigenvalue weighted by atomic mass is 32.2. The zero-order valence-electron chi connectivity index (χ0n) is 12.8. The number of nitrogens with two attached hydrogens (primary N) is 1. The van der Waals surface area contributed by atoms with Crippen LogP contribution in [0.3, 0.4) is 0 Å². The number of primary amides is 1. The minimum absolute atomic E-state index is 0.0161. The van der Waals surface area contributed by atoms with Gasteiger partial charge in [0.2, 0.25) is 5.91 Å². The van der Waals surface area contributed by atoms with Crippen molar-refractivity contribution in [2.45, 2.75) is 18.4 Å². The summed E-state index contributed by atoms with van der Waals surface area (Å²) >= 11 is 1.53. The number of rotatable bonds is 6. The van der Waals surface area contributed by atoms with Crippen LogP contribution in [0.15, 0.2) is 53.4 Å². The molecule has 0 unspecified atom stereocenters. The van der Waals surface area contributed by atoms with E-state index in [2.05, 4.69) is 10.6 Å². The lowest BCUT2D eigenvalue weighted by Gasteiger charge is -2.08. The van der Waals surface area contributed by atoms with Crippen LogP contribution in [0.1, 0.15) is 11.1 Å². The molecule has 0 radical (unpaired) electrons. The van der Waals surface area contributed by atoms with Crippen LogP contribution < -0.4 is 16.4 Å². The lowest BCUT2D eigenvalue weighted by atomic mass is 10.2. The van der Waals surface area contributed by atoms with Gasteiger partial charge in [-0.2, -0.15) is 0 Å². The van der Waals surface area contributed by atoms with Gasteiger partial charge >= 0.3 is 6.03 Å². The van der Waals surface area contributed by atoms with E-state index >= 15 is 0 Å². The number of amides is 3. The molecule has 120 valence electrons. The van der Waals surface area contributed by atoms with E-state index in [9.17, 15) is 9.59 Å². The summed E-state index contributed by atoms with van der Waals surface area (Å²) in [4.78, 5) is 23.8. The fraction of sp³-hybridized carbons (Fsp3) is 0.176. The maximum atomic E-state index is 11.9. The monoisotopic (exact) mass is 329 g/mol. The van der Waals surface area contributed by atoms with Crippen LogP contribution in [0.2, 0.25) is 0 Å².